The first kappa shape index (κ1) is 16.9. The average molecular weight is 351 g/mol. The molecule has 1 fully saturated rings. The number of fused-ring (bicyclic) bond motifs is 3. The van der Waals surface area contributed by atoms with E-state index in [1.54, 1.807) is 0 Å². The Balaban J connectivity index is 1.72. The van der Waals surface area contributed by atoms with Gasteiger partial charge in [0.1, 0.15) is 5.75 Å². The summed E-state index contributed by atoms with van der Waals surface area (Å²) < 4.78 is 5.83. The van der Waals surface area contributed by atoms with Crippen LogP contribution in [0.3, 0.4) is 0 Å². The molecule has 0 aliphatic carbocycles. The molecule has 136 valence electrons. The predicted molar refractivity (Wildman–Crippen MR) is 105 cm³/mol. The molecule has 0 saturated carbocycles. The number of carbonyl (C=O) groups excluding carboxylic acids is 1. The van der Waals surface area contributed by atoms with Crippen LogP contribution in [0.25, 0.3) is 11.1 Å². The van der Waals surface area contributed by atoms with Gasteiger partial charge < -0.3 is 20.3 Å². The van der Waals surface area contributed by atoms with Crippen molar-refractivity contribution in [1.29, 1.82) is 0 Å². The Bertz CT molecular complexity index is 819. The van der Waals surface area contributed by atoms with E-state index in [0.29, 0.717) is 6.42 Å². The largest absolute Gasteiger partial charge is 0.491 e. The summed E-state index contributed by atoms with van der Waals surface area (Å²) >= 11 is 0. The van der Waals surface area contributed by atoms with Crippen LogP contribution in [0.2, 0.25) is 0 Å². The lowest BCUT2D eigenvalue weighted by Crippen LogP contribution is -2.51. The molecule has 0 radical (unpaired) electrons. The number of hydrogen-bond donors (Lipinski definition) is 2. The Hall–Kier alpha value is -2.53. The lowest BCUT2D eigenvalue weighted by Gasteiger charge is -2.36. The third-order valence-electron chi connectivity index (χ3n) is 4.89. The minimum absolute atomic E-state index is 0.0857. The Labute approximate surface area is 154 Å². The standard InChI is InChI=1S/C21H25N3O2/c1-14(2)26-18-5-3-4-15(10-18)16-6-7-19-20(11-16)24-9-8-22-13-17(24)12-21(25)23-19/h3-7,10-11,14,17,22H,8-9,12-13H2,1-2H3,(H,23,25). The summed E-state index contributed by atoms with van der Waals surface area (Å²) in [6, 6.07) is 14.7. The molecule has 0 aromatic heterocycles. The van der Waals surface area contributed by atoms with Gasteiger partial charge in [-0.15, -0.1) is 0 Å². The molecule has 0 bridgehead atoms. The molecule has 2 aliphatic rings. The van der Waals surface area contributed by atoms with Gasteiger partial charge in [-0.25, -0.2) is 0 Å². The van der Waals surface area contributed by atoms with Crippen LogP contribution in [-0.2, 0) is 4.79 Å². The summed E-state index contributed by atoms with van der Waals surface area (Å²) in [5.41, 5.74) is 4.26. The first-order valence-corrected chi connectivity index (χ1v) is 9.28. The molecule has 2 aromatic rings. The molecule has 1 amide bonds. The zero-order valence-corrected chi connectivity index (χ0v) is 15.3. The van der Waals surface area contributed by atoms with Gasteiger partial charge in [0, 0.05) is 26.1 Å². The molecule has 5 nitrogen and oxygen atoms in total. The Morgan fingerprint density at radius 1 is 1.15 bits per heavy atom. The van der Waals surface area contributed by atoms with Crippen LogP contribution in [0, 0.1) is 0 Å². The third-order valence-corrected chi connectivity index (χ3v) is 4.89. The van der Waals surface area contributed by atoms with Gasteiger partial charge in [0.05, 0.1) is 23.5 Å². The van der Waals surface area contributed by atoms with E-state index < -0.39 is 0 Å². The third kappa shape index (κ3) is 3.40. The zero-order valence-electron chi connectivity index (χ0n) is 15.3. The number of benzene rings is 2. The molecular weight excluding hydrogens is 326 g/mol. The van der Waals surface area contributed by atoms with E-state index in [-0.39, 0.29) is 18.1 Å². The van der Waals surface area contributed by atoms with E-state index in [4.69, 9.17) is 4.74 Å². The molecule has 1 saturated heterocycles. The molecule has 2 N–H and O–H groups in total. The second kappa shape index (κ2) is 7.00. The zero-order chi connectivity index (χ0) is 18.1. The number of anilines is 2. The molecule has 2 heterocycles. The number of piperazine rings is 1. The van der Waals surface area contributed by atoms with Crippen LogP contribution in [0.4, 0.5) is 11.4 Å². The number of nitrogens with one attached hydrogen (secondary N) is 2. The molecule has 1 atom stereocenters. The minimum Gasteiger partial charge on any atom is -0.491 e. The molecule has 4 rings (SSSR count). The highest BCUT2D eigenvalue weighted by Crippen LogP contribution is 2.36. The van der Waals surface area contributed by atoms with Crippen LogP contribution >= 0.6 is 0 Å². The quantitative estimate of drug-likeness (QED) is 0.891. The maximum Gasteiger partial charge on any atom is 0.226 e. The van der Waals surface area contributed by atoms with Crippen LogP contribution in [0.5, 0.6) is 5.75 Å². The fraction of sp³-hybridized carbons (Fsp3) is 0.381. The number of nitrogens with zero attached hydrogens (tertiary/aromatic N) is 1. The summed E-state index contributed by atoms with van der Waals surface area (Å²) in [7, 11) is 0. The van der Waals surface area contributed by atoms with Gasteiger partial charge in [0.15, 0.2) is 0 Å². The average Bonchev–Trinajstić information content (AvgIpc) is 2.76. The van der Waals surface area contributed by atoms with E-state index in [1.807, 2.05) is 32.0 Å². The molecule has 0 spiro atoms. The van der Waals surface area contributed by atoms with Crippen molar-refractivity contribution >= 4 is 17.3 Å². The molecular formula is C21H25N3O2. The smallest absolute Gasteiger partial charge is 0.226 e. The van der Waals surface area contributed by atoms with Crippen molar-refractivity contribution in [3.63, 3.8) is 0 Å². The number of amides is 1. The highest BCUT2D eigenvalue weighted by atomic mass is 16.5. The van der Waals surface area contributed by atoms with E-state index in [0.717, 1.165) is 47.9 Å². The van der Waals surface area contributed by atoms with Gasteiger partial charge in [-0.2, -0.15) is 0 Å². The van der Waals surface area contributed by atoms with Crippen molar-refractivity contribution in [2.75, 3.05) is 29.9 Å². The summed E-state index contributed by atoms with van der Waals surface area (Å²) in [4.78, 5) is 14.6. The van der Waals surface area contributed by atoms with Crippen LogP contribution in [-0.4, -0.2) is 37.7 Å². The van der Waals surface area contributed by atoms with Crippen molar-refractivity contribution in [2.45, 2.75) is 32.4 Å². The topological polar surface area (TPSA) is 53.6 Å². The minimum atomic E-state index is 0.0857. The second-order valence-electron chi connectivity index (χ2n) is 7.23. The lowest BCUT2D eigenvalue weighted by atomic mass is 10.0. The Morgan fingerprint density at radius 3 is 2.85 bits per heavy atom. The fourth-order valence-electron chi connectivity index (χ4n) is 3.75. The van der Waals surface area contributed by atoms with Crippen LogP contribution in [0.1, 0.15) is 20.3 Å². The Kier molecular flexibility index (Phi) is 4.55. The van der Waals surface area contributed by atoms with E-state index in [2.05, 4.69) is 39.8 Å². The first-order valence-electron chi connectivity index (χ1n) is 9.28. The summed E-state index contributed by atoms with van der Waals surface area (Å²) in [5, 5.41) is 6.46. The normalized spacial score (nSPS) is 19.4. The monoisotopic (exact) mass is 351 g/mol. The van der Waals surface area contributed by atoms with Gasteiger partial charge in [-0.05, 0) is 49.2 Å². The van der Waals surface area contributed by atoms with Gasteiger partial charge in [0.25, 0.3) is 0 Å². The summed E-state index contributed by atoms with van der Waals surface area (Å²) in [5.74, 6) is 0.961. The van der Waals surface area contributed by atoms with E-state index >= 15 is 0 Å². The molecule has 2 aromatic carbocycles. The molecule has 26 heavy (non-hydrogen) atoms. The van der Waals surface area contributed by atoms with Crippen LogP contribution < -0.4 is 20.3 Å². The summed E-state index contributed by atoms with van der Waals surface area (Å²) in [6.07, 6.45) is 0.670. The van der Waals surface area contributed by atoms with Crippen molar-refractivity contribution < 1.29 is 9.53 Å². The molecule has 5 heteroatoms. The van der Waals surface area contributed by atoms with E-state index in [1.165, 1.54) is 0 Å². The van der Waals surface area contributed by atoms with Crippen molar-refractivity contribution in [3.05, 3.63) is 42.5 Å². The molecule has 2 aliphatic heterocycles. The van der Waals surface area contributed by atoms with Crippen molar-refractivity contribution in [3.8, 4) is 16.9 Å². The van der Waals surface area contributed by atoms with Crippen LogP contribution in [0.15, 0.2) is 42.5 Å². The Morgan fingerprint density at radius 2 is 2.00 bits per heavy atom. The number of ether oxygens (including phenoxy) is 1. The SMILES string of the molecule is CC(C)Oc1cccc(-c2ccc3c(c2)N2CCNCC2CC(=O)N3)c1. The lowest BCUT2D eigenvalue weighted by molar-refractivity contribution is -0.116. The van der Waals surface area contributed by atoms with Gasteiger partial charge >= 0.3 is 0 Å². The second-order valence-corrected chi connectivity index (χ2v) is 7.23. The molecule has 1 unspecified atom stereocenters. The fourth-order valence-corrected chi connectivity index (χ4v) is 3.75. The van der Waals surface area contributed by atoms with E-state index in [9.17, 15) is 4.79 Å². The van der Waals surface area contributed by atoms with Crippen molar-refractivity contribution in [1.82, 2.24) is 5.32 Å². The number of rotatable bonds is 3. The summed E-state index contributed by atoms with van der Waals surface area (Å²) in [6.45, 7) is 6.75. The maximum atomic E-state index is 12.2. The van der Waals surface area contributed by atoms with Gasteiger partial charge in [-0.3, -0.25) is 4.79 Å². The highest BCUT2D eigenvalue weighted by molar-refractivity contribution is 5.97. The maximum absolute atomic E-state index is 12.2. The van der Waals surface area contributed by atoms with Gasteiger partial charge in [0.2, 0.25) is 5.91 Å². The van der Waals surface area contributed by atoms with Gasteiger partial charge in [-0.1, -0.05) is 18.2 Å². The van der Waals surface area contributed by atoms with Crippen molar-refractivity contribution in [2.24, 2.45) is 0 Å². The first-order chi connectivity index (χ1) is 12.6. The predicted octanol–water partition coefficient (Wildman–Crippen LogP) is 3.26. The number of carbonyl (C=O) groups is 1. The highest BCUT2D eigenvalue weighted by Gasteiger charge is 2.30. The number of hydrogen-bond acceptors (Lipinski definition) is 4.